The zero-order chi connectivity index (χ0) is 11.9. The van der Waals surface area contributed by atoms with Crippen LogP contribution in [0.3, 0.4) is 0 Å². The molecule has 1 saturated heterocycles. The van der Waals surface area contributed by atoms with Gasteiger partial charge in [-0.3, -0.25) is 14.5 Å². The maximum Gasteiger partial charge on any atom is 0.234 e. The van der Waals surface area contributed by atoms with Crippen LogP contribution in [0.2, 0.25) is 10.0 Å². The molecule has 1 aromatic carbocycles. The summed E-state index contributed by atoms with van der Waals surface area (Å²) in [4.78, 5) is 24.0. The average Bonchev–Trinajstić information content (AvgIpc) is 2.54. The molecular weight excluding hydrogens is 251 g/mol. The van der Waals surface area contributed by atoms with E-state index >= 15 is 0 Å². The van der Waals surface area contributed by atoms with Crippen molar-refractivity contribution in [3.63, 3.8) is 0 Å². The Balaban J connectivity index is 2.48. The minimum absolute atomic E-state index is 0.221. The van der Waals surface area contributed by atoms with E-state index in [9.17, 15) is 9.59 Å². The lowest BCUT2D eigenvalue weighted by atomic mass is 10.2. The molecule has 84 valence electrons. The fourth-order valence-electron chi connectivity index (χ4n) is 1.56. The van der Waals surface area contributed by atoms with Crippen molar-refractivity contribution in [2.75, 3.05) is 10.6 Å². The highest BCUT2D eigenvalue weighted by molar-refractivity contribution is 6.39. The molecule has 1 aromatic rings. The Morgan fingerprint density at radius 2 is 1.50 bits per heavy atom. The molecule has 2 rings (SSSR count). The van der Waals surface area contributed by atoms with E-state index < -0.39 is 0 Å². The molecule has 16 heavy (non-hydrogen) atoms. The van der Waals surface area contributed by atoms with Crippen LogP contribution in [-0.4, -0.2) is 11.8 Å². The Morgan fingerprint density at radius 3 is 1.94 bits per heavy atom. The van der Waals surface area contributed by atoms with Crippen molar-refractivity contribution in [3.05, 3.63) is 22.2 Å². The van der Waals surface area contributed by atoms with Gasteiger partial charge < -0.3 is 5.73 Å². The standard InChI is InChI=1S/C10H8Cl2N2O2/c11-6-3-5(4-7(12)10(6)13)14-8(15)1-2-9(14)16/h3-4H,1-2,13H2. The highest BCUT2D eigenvalue weighted by Gasteiger charge is 2.30. The third-order valence-corrected chi connectivity index (χ3v) is 3.00. The van der Waals surface area contributed by atoms with Crippen LogP contribution in [0.4, 0.5) is 11.4 Å². The molecule has 1 fully saturated rings. The van der Waals surface area contributed by atoms with Crippen molar-refractivity contribution in [1.82, 2.24) is 0 Å². The molecule has 4 nitrogen and oxygen atoms in total. The number of halogens is 2. The Bertz CT molecular complexity index is 449. The first-order valence-corrected chi connectivity index (χ1v) is 5.36. The van der Waals surface area contributed by atoms with E-state index in [1.54, 1.807) is 0 Å². The van der Waals surface area contributed by atoms with E-state index in [1.165, 1.54) is 12.1 Å². The number of benzene rings is 1. The minimum atomic E-state index is -0.248. The summed E-state index contributed by atoms with van der Waals surface area (Å²) in [5.74, 6) is -0.496. The van der Waals surface area contributed by atoms with Crippen LogP contribution in [0.5, 0.6) is 0 Å². The number of nitrogen functional groups attached to an aromatic ring is 1. The third kappa shape index (κ3) is 1.74. The van der Waals surface area contributed by atoms with Gasteiger partial charge >= 0.3 is 0 Å². The van der Waals surface area contributed by atoms with Crippen molar-refractivity contribution < 1.29 is 9.59 Å². The Kier molecular flexibility index (Phi) is 2.78. The van der Waals surface area contributed by atoms with Gasteiger partial charge in [0, 0.05) is 12.8 Å². The van der Waals surface area contributed by atoms with Gasteiger partial charge in [0.2, 0.25) is 11.8 Å². The maximum atomic E-state index is 11.5. The molecule has 0 spiro atoms. The second-order valence-corrected chi connectivity index (χ2v) is 4.26. The van der Waals surface area contributed by atoms with E-state index in [2.05, 4.69) is 0 Å². The summed E-state index contributed by atoms with van der Waals surface area (Å²) in [5.41, 5.74) is 6.18. The van der Waals surface area contributed by atoms with Gasteiger partial charge in [0.05, 0.1) is 21.4 Å². The summed E-state index contributed by atoms with van der Waals surface area (Å²) < 4.78 is 0. The molecule has 1 aliphatic rings. The summed E-state index contributed by atoms with van der Waals surface area (Å²) in [5, 5.41) is 0.463. The number of carbonyl (C=O) groups excluding carboxylic acids is 2. The molecule has 2 amide bonds. The van der Waals surface area contributed by atoms with Crippen LogP contribution in [0.1, 0.15) is 12.8 Å². The number of nitrogens with two attached hydrogens (primary N) is 1. The highest BCUT2D eigenvalue weighted by atomic mass is 35.5. The summed E-state index contributed by atoms with van der Waals surface area (Å²) in [6, 6.07) is 2.92. The first kappa shape index (κ1) is 11.2. The Hall–Kier alpha value is -1.26. The van der Waals surface area contributed by atoms with Crippen molar-refractivity contribution >= 4 is 46.4 Å². The van der Waals surface area contributed by atoms with E-state index in [0.717, 1.165) is 4.90 Å². The predicted molar refractivity (Wildman–Crippen MR) is 62.6 cm³/mol. The van der Waals surface area contributed by atoms with Crippen LogP contribution < -0.4 is 10.6 Å². The molecule has 6 heteroatoms. The molecule has 0 unspecified atom stereocenters. The molecule has 0 bridgehead atoms. The Labute approximate surface area is 102 Å². The first-order chi connectivity index (χ1) is 7.50. The van der Waals surface area contributed by atoms with E-state index in [-0.39, 0.29) is 40.4 Å². The quantitative estimate of drug-likeness (QED) is 0.621. The number of rotatable bonds is 1. The van der Waals surface area contributed by atoms with Crippen LogP contribution in [0, 0.1) is 0 Å². The Morgan fingerprint density at radius 1 is 1.06 bits per heavy atom. The largest absolute Gasteiger partial charge is 0.396 e. The second kappa shape index (κ2) is 3.96. The van der Waals surface area contributed by atoms with Gasteiger partial charge in [0.15, 0.2) is 0 Å². The van der Waals surface area contributed by atoms with Gasteiger partial charge in [0.1, 0.15) is 0 Å². The third-order valence-electron chi connectivity index (χ3n) is 2.37. The molecule has 0 aromatic heterocycles. The van der Waals surface area contributed by atoms with Gasteiger partial charge in [-0.1, -0.05) is 23.2 Å². The lowest BCUT2D eigenvalue weighted by Gasteiger charge is -2.15. The number of hydrogen-bond donors (Lipinski definition) is 1. The molecule has 1 aliphatic heterocycles. The number of hydrogen-bond acceptors (Lipinski definition) is 3. The molecule has 0 radical (unpaired) electrons. The monoisotopic (exact) mass is 258 g/mol. The van der Waals surface area contributed by atoms with Crippen LogP contribution in [0.25, 0.3) is 0 Å². The summed E-state index contributed by atoms with van der Waals surface area (Å²) in [6.07, 6.45) is 0.441. The number of carbonyl (C=O) groups is 2. The zero-order valence-electron chi connectivity index (χ0n) is 8.17. The minimum Gasteiger partial charge on any atom is -0.396 e. The van der Waals surface area contributed by atoms with E-state index in [0.29, 0.717) is 5.69 Å². The van der Waals surface area contributed by atoms with Gasteiger partial charge in [-0.05, 0) is 12.1 Å². The molecular formula is C10H8Cl2N2O2. The molecule has 0 saturated carbocycles. The van der Waals surface area contributed by atoms with Crippen molar-refractivity contribution in [3.8, 4) is 0 Å². The predicted octanol–water partition coefficient (Wildman–Crippen LogP) is 2.23. The van der Waals surface area contributed by atoms with Crippen LogP contribution >= 0.6 is 23.2 Å². The van der Waals surface area contributed by atoms with Gasteiger partial charge in [-0.15, -0.1) is 0 Å². The second-order valence-electron chi connectivity index (χ2n) is 3.45. The first-order valence-electron chi connectivity index (χ1n) is 4.61. The van der Waals surface area contributed by atoms with Crippen molar-refractivity contribution in [1.29, 1.82) is 0 Å². The molecule has 0 aliphatic carbocycles. The van der Waals surface area contributed by atoms with Gasteiger partial charge in [-0.2, -0.15) is 0 Å². The fraction of sp³-hybridized carbons (Fsp3) is 0.200. The van der Waals surface area contributed by atoms with E-state index in [4.69, 9.17) is 28.9 Å². The SMILES string of the molecule is Nc1c(Cl)cc(N2C(=O)CCC2=O)cc1Cl. The van der Waals surface area contributed by atoms with Crippen LogP contribution in [-0.2, 0) is 9.59 Å². The smallest absolute Gasteiger partial charge is 0.234 e. The topological polar surface area (TPSA) is 63.4 Å². The lowest BCUT2D eigenvalue weighted by Crippen LogP contribution is -2.28. The fourth-order valence-corrected chi connectivity index (χ4v) is 2.04. The average molecular weight is 259 g/mol. The summed E-state index contributed by atoms with van der Waals surface area (Å²) in [6.45, 7) is 0. The number of imide groups is 1. The molecule has 1 heterocycles. The zero-order valence-corrected chi connectivity index (χ0v) is 9.68. The molecule has 0 atom stereocenters. The normalized spacial score (nSPS) is 16.0. The number of anilines is 2. The van der Waals surface area contributed by atoms with E-state index in [1.807, 2.05) is 0 Å². The molecule has 2 N–H and O–H groups in total. The van der Waals surface area contributed by atoms with Crippen LogP contribution in [0.15, 0.2) is 12.1 Å². The van der Waals surface area contributed by atoms with Gasteiger partial charge in [0.25, 0.3) is 0 Å². The van der Waals surface area contributed by atoms with Gasteiger partial charge in [-0.25, -0.2) is 0 Å². The lowest BCUT2D eigenvalue weighted by molar-refractivity contribution is -0.121. The number of nitrogens with zero attached hydrogens (tertiary/aromatic N) is 1. The summed E-state index contributed by atoms with van der Waals surface area (Å²) >= 11 is 11.7. The highest BCUT2D eigenvalue weighted by Crippen LogP contribution is 2.34. The van der Waals surface area contributed by atoms with Crippen molar-refractivity contribution in [2.24, 2.45) is 0 Å². The summed E-state index contributed by atoms with van der Waals surface area (Å²) in [7, 11) is 0. The number of amides is 2. The van der Waals surface area contributed by atoms with Crippen molar-refractivity contribution in [2.45, 2.75) is 12.8 Å². The maximum absolute atomic E-state index is 11.5.